The summed E-state index contributed by atoms with van der Waals surface area (Å²) < 4.78 is 10.9. The number of hydrogen-bond acceptors (Lipinski definition) is 5. The zero-order valence-electron chi connectivity index (χ0n) is 19.3. The number of anilines is 2. The molecule has 0 bridgehead atoms. The van der Waals surface area contributed by atoms with Crippen LogP contribution in [0.2, 0.25) is 0 Å². The summed E-state index contributed by atoms with van der Waals surface area (Å²) in [4.78, 5) is 15.0. The Balaban J connectivity index is 1.32. The van der Waals surface area contributed by atoms with Crippen LogP contribution < -0.4 is 20.5 Å². The fourth-order valence-corrected chi connectivity index (χ4v) is 4.35. The first-order valence-electron chi connectivity index (χ1n) is 11.3. The molecule has 1 aliphatic heterocycles. The highest BCUT2D eigenvalue weighted by Crippen LogP contribution is 2.33. The van der Waals surface area contributed by atoms with Crippen LogP contribution in [0.15, 0.2) is 60.7 Å². The molecule has 1 heterocycles. The van der Waals surface area contributed by atoms with Crippen molar-refractivity contribution in [2.45, 2.75) is 25.8 Å². The molecule has 0 unspecified atom stereocenters. The predicted molar refractivity (Wildman–Crippen MR) is 132 cm³/mol. The maximum Gasteiger partial charge on any atom is 0.257 e. The lowest BCUT2D eigenvalue weighted by Gasteiger charge is -2.29. The maximum absolute atomic E-state index is 12.5. The molecule has 0 radical (unpaired) electrons. The van der Waals surface area contributed by atoms with Crippen molar-refractivity contribution in [1.29, 1.82) is 0 Å². The number of carbonyl (C=O) groups excluding carboxylic acids is 1. The normalized spacial score (nSPS) is 13.3. The monoisotopic (exact) mass is 445 g/mol. The SMILES string of the molecule is COc1cc2c(cc1OC)CN(CCCc1cccc(NC(=O)c3ccccc3N)c1)CC2. The molecule has 0 spiro atoms. The zero-order chi connectivity index (χ0) is 23.2. The van der Waals surface area contributed by atoms with Crippen molar-refractivity contribution in [1.82, 2.24) is 4.90 Å². The van der Waals surface area contributed by atoms with Crippen molar-refractivity contribution in [3.63, 3.8) is 0 Å². The van der Waals surface area contributed by atoms with Gasteiger partial charge in [0.05, 0.1) is 19.8 Å². The number of benzene rings is 3. The van der Waals surface area contributed by atoms with Gasteiger partial charge in [-0.2, -0.15) is 0 Å². The van der Waals surface area contributed by atoms with Crippen molar-refractivity contribution < 1.29 is 14.3 Å². The summed E-state index contributed by atoms with van der Waals surface area (Å²) in [5.41, 5.74) is 11.5. The third-order valence-corrected chi connectivity index (χ3v) is 6.13. The van der Waals surface area contributed by atoms with Crippen LogP contribution in [0.1, 0.15) is 33.5 Å². The molecule has 3 aromatic carbocycles. The van der Waals surface area contributed by atoms with E-state index in [0.29, 0.717) is 11.3 Å². The highest BCUT2D eigenvalue weighted by molar-refractivity contribution is 6.07. The minimum absolute atomic E-state index is 0.190. The van der Waals surface area contributed by atoms with Gasteiger partial charge in [-0.1, -0.05) is 24.3 Å². The lowest BCUT2D eigenvalue weighted by Crippen LogP contribution is -2.31. The molecule has 1 amide bonds. The van der Waals surface area contributed by atoms with E-state index in [1.54, 1.807) is 26.4 Å². The average Bonchev–Trinajstić information content (AvgIpc) is 2.83. The third kappa shape index (κ3) is 5.46. The van der Waals surface area contributed by atoms with Gasteiger partial charge < -0.3 is 20.5 Å². The van der Waals surface area contributed by atoms with E-state index in [2.05, 4.69) is 28.4 Å². The molecule has 6 nitrogen and oxygen atoms in total. The summed E-state index contributed by atoms with van der Waals surface area (Å²) in [5.74, 6) is 1.39. The Hall–Kier alpha value is -3.51. The van der Waals surface area contributed by atoms with Crippen LogP contribution in [0.5, 0.6) is 11.5 Å². The predicted octanol–water partition coefficient (Wildman–Crippen LogP) is 4.53. The molecule has 0 aliphatic carbocycles. The summed E-state index contributed by atoms with van der Waals surface area (Å²) in [5, 5.41) is 2.96. The molecule has 0 saturated heterocycles. The van der Waals surface area contributed by atoms with E-state index >= 15 is 0 Å². The first-order chi connectivity index (χ1) is 16.1. The fraction of sp³-hybridized carbons (Fsp3) is 0.296. The molecule has 0 aromatic heterocycles. The van der Waals surface area contributed by atoms with Crippen LogP contribution in [-0.4, -0.2) is 38.1 Å². The third-order valence-electron chi connectivity index (χ3n) is 6.13. The van der Waals surface area contributed by atoms with Gasteiger partial charge in [-0.15, -0.1) is 0 Å². The molecule has 3 aromatic rings. The Kier molecular flexibility index (Phi) is 7.15. The molecular formula is C27H31N3O3. The molecule has 0 fully saturated rings. The molecule has 1 aliphatic rings. The molecule has 3 N–H and O–H groups in total. The molecule has 4 rings (SSSR count). The van der Waals surface area contributed by atoms with Gasteiger partial charge in [-0.05, 0) is 78.9 Å². The summed E-state index contributed by atoms with van der Waals surface area (Å²) in [6.45, 7) is 2.98. The van der Waals surface area contributed by atoms with Gasteiger partial charge in [0.25, 0.3) is 5.91 Å². The van der Waals surface area contributed by atoms with E-state index in [0.717, 1.165) is 56.1 Å². The molecule has 0 saturated carbocycles. The van der Waals surface area contributed by atoms with E-state index < -0.39 is 0 Å². The number of nitrogens with zero attached hydrogens (tertiary/aromatic N) is 1. The lowest BCUT2D eigenvalue weighted by molar-refractivity contribution is 0.102. The second-order valence-corrected chi connectivity index (χ2v) is 8.35. The number of carbonyl (C=O) groups is 1. The minimum atomic E-state index is -0.190. The van der Waals surface area contributed by atoms with Gasteiger partial charge in [0.1, 0.15) is 0 Å². The van der Waals surface area contributed by atoms with Crippen LogP contribution in [0.4, 0.5) is 11.4 Å². The van der Waals surface area contributed by atoms with Crippen LogP contribution in [0, 0.1) is 0 Å². The number of ether oxygens (including phenoxy) is 2. The smallest absolute Gasteiger partial charge is 0.257 e. The quantitative estimate of drug-likeness (QED) is 0.498. The standard InChI is InChI=1S/C27H31N3O3/c1-32-25-16-20-12-14-30(18-21(20)17-26(25)33-2)13-6-8-19-7-5-9-22(15-19)29-27(31)23-10-3-4-11-24(23)28/h3-5,7,9-11,15-17H,6,8,12-14,18,28H2,1-2H3,(H,29,31). The molecule has 33 heavy (non-hydrogen) atoms. The highest BCUT2D eigenvalue weighted by atomic mass is 16.5. The van der Waals surface area contributed by atoms with E-state index in [4.69, 9.17) is 15.2 Å². The number of rotatable bonds is 8. The van der Waals surface area contributed by atoms with Gasteiger partial charge in [-0.3, -0.25) is 9.69 Å². The summed E-state index contributed by atoms with van der Waals surface area (Å²) in [7, 11) is 3.35. The fourth-order valence-electron chi connectivity index (χ4n) is 4.35. The number of methoxy groups -OCH3 is 2. The first kappa shape index (κ1) is 22.7. The van der Waals surface area contributed by atoms with Gasteiger partial charge in [0, 0.05) is 24.5 Å². The molecule has 0 atom stereocenters. The van der Waals surface area contributed by atoms with E-state index in [-0.39, 0.29) is 5.91 Å². The summed E-state index contributed by atoms with van der Waals surface area (Å²) >= 11 is 0. The molecular weight excluding hydrogens is 414 g/mol. The largest absolute Gasteiger partial charge is 0.493 e. The van der Waals surface area contributed by atoms with Gasteiger partial charge in [-0.25, -0.2) is 0 Å². The zero-order valence-corrected chi connectivity index (χ0v) is 19.3. The number of para-hydroxylation sites is 1. The topological polar surface area (TPSA) is 76.8 Å². The number of nitrogens with two attached hydrogens (primary N) is 1. The molecule has 172 valence electrons. The number of fused-ring (bicyclic) bond motifs is 1. The first-order valence-corrected chi connectivity index (χ1v) is 11.3. The number of nitrogen functional groups attached to an aromatic ring is 1. The van der Waals surface area contributed by atoms with Crippen molar-refractivity contribution >= 4 is 17.3 Å². The van der Waals surface area contributed by atoms with Crippen molar-refractivity contribution in [3.05, 3.63) is 82.9 Å². The van der Waals surface area contributed by atoms with Crippen LogP contribution in [-0.2, 0) is 19.4 Å². The average molecular weight is 446 g/mol. The number of hydrogen-bond donors (Lipinski definition) is 2. The summed E-state index contributed by atoms with van der Waals surface area (Å²) in [6.07, 6.45) is 3.01. The number of aryl methyl sites for hydroxylation is 1. The maximum atomic E-state index is 12.5. The Morgan fingerprint density at radius 1 is 1.00 bits per heavy atom. The Morgan fingerprint density at radius 3 is 2.52 bits per heavy atom. The van der Waals surface area contributed by atoms with Gasteiger partial charge in [0.2, 0.25) is 0 Å². The summed E-state index contributed by atoms with van der Waals surface area (Å²) in [6, 6.07) is 19.3. The van der Waals surface area contributed by atoms with Gasteiger partial charge >= 0.3 is 0 Å². The Morgan fingerprint density at radius 2 is 1.76 bits per heavy atom. The Labute approximate surface area is 195 Å². The van der Waals surface area contributed by atoms with Crippen molar-refractivity contribution in [2.24, 2.45) is 0 Å². The highest BCUT2D eigenvalue weighted by Gasteiger charge is 2.19. The molecule has 6 heteroatoms. The second kappa shape index (κ2) is 10.4. The minimum Gasteiger partial charge on any atom is -0.493 e. The van der Waals surface area contributed by atoms with Crippen molar-refractivity contribution in [3.8, 4) is 11.5 Å². The van der Waals surface area contributed by atoms with E-state index in [1.807, 2.05) is 30.3 Å². The Bertz CT molecular complexity index is 1130. The second-order valence-electron chi connectivity index (χ2n) is 8.35. The number of nitrogens with one attached hydrogen (secondary N) is 1. The van der Waals surface area contributed by atoms with E-state index in [1.165, 1.54) is 16.7 Å². The van der Waals surface area contributed by atoms with E-state index in [9.17, 15) is 4.79 Å². The van der Waals surface area contributed by atoms with Gasteiger partial charge in [0.15, 0.2) is 11.5 Å². The number of amides is 1. The van der Waals surface area contributed by atoms with Crippen LogP contribution in [0.3, 0.4) is 0 Å². The lowest BCUT2D eigenvalue weighted by atomic mass is 9.98. The van der Waals surface area contributed by atoms with Crippen LogP contribution >= 0.6 is 0 Å². The van der Waals surface area contributed by atoms with Crippen molar-refractivity contribution in [2.75, 3.05) is 38.4 Å². The van der Waals surface area contributed by atoms with Crippen LogP contribution in [0.25, 0.3) is 0 Å².